The number of benzene rings is 1. The van der Waals surface area contributed by atoms with Crippen LogP contribution in [0, 0.1) is 13.8 Å². The van der Waals surface area contributed by atoms with Gasteiger partial charge in [0.25, 0.3) is 5.91 Å². The zero-order valence-corrected chi connectivity index (χ0v) is 17.6. The van der Waals surface area contributed by atoms with Gasteiger partial charge in [0.2, 0.25) is 5.91 Å². The van der Waals surface area contributed by atoms with E-state index in [0.717, 1.165) is 22.5 Å². The van der Waals surface area contributed by atoms with Crippen LogP contribution >= 0.6 is 23.2 Å². The Morgan fingerprint density at radius 3 is 2.48 bits per heavy atom. The minimum atomic E-state index is -0.570. The van der Waals surface area contributed by atoms with Gasteiger partial charge in [-0.15, -0.1) is 0 Å². The summed E-state index contributed by atoms with van der Waals surface area (Å²) in [6, 6.07) is 5.34. The first-order valence-electron chi connectivity index (χ1n) is 9.11. The average molecular weight is 434 g/mol. The van der Waals surface area contributed by atoms with Crippen molar-refractivity contribution in [3.05, 3.63) is 62.5 Å². The molecule has 0 fully saturated rings. The highest BCUT2D eigenvalue weighted by Crippen LogP contribution is 2.20. The number of amides is 2. The highest BCUT2D eigenvalue weighted by Gasteiger charge is 2.17. The zero-order chi connectivity index (χ0) is 21.1. The van der Waals surface area contributed by atoms with Crippen molar-refractivity contribution < 1.29 is 9.59 Å². The highest BCUT2D eigenvalue weighted by atomic mass is 35.5. The number of primary amides is 1. The molecule has 152 valence electrons. The van der Waals surface area contributed by atoms with Gasteiger partial charge in [-0.05, 0) is 56.0 Å². The van der Waals surface area contributed by atoms with E-state index in [2.05, 4.69) is 15.4 Å². The lowest BCUT2D eigenvalue weighted by Gasteiger charge is -2.11. The van der Waals surface area contributed by atoms with Crippen LogP contribution in [0.5, 0.6) is 0 Å². The SMILES string of the molecule is Cc1nc2c(C(N)=O)cnn2c(C)c1CCC(=O)NCCc1cc(Cl)cc(Cl)c1. The molecule has 2 aromatic heterocycles. The lowest BCUT2D eigenvalue weighted by molar-refractivity contribution is -0.121. The summed E-state index contributed by atoms with van der Waals surface area (Å²) in [6.45, 7) is 4.22. The number of aromatic nitrogens is 3. The first-order valence-corrected chi connectivity index (χ1v) is 9.87. The molecule has 0 saturated heterocycles. The number of fused-ring (bicyclic) bond motifs is 1. The number of rotatable bonds is 7. The van der Waals surface area contributed by atoms with E-state index in [-0.39, 0.29) is 11.5 Å². The maximum absolute atomic E-state index is 12.3. The second-order valence-corrected chi connectivity index (χ2v) is 7.67. The summed E-state index contributed by atoms with van der Waals surface area (Å²) in [5.41, 5.74) is 9.55. The molecular formula is C20H21Cl2N5O2. The van der Waals surface area contributed by atoms with Gasteiger partial charge in [0, 0.05) is 34.4 Å². The topological polar surface area (TPSA) is 102 Å². The molecule has 7 nitrogen and oxygen atoms in total. The smallest absolute Gasteiger partial charge is 0.254 e. The third-order valence-corrected chi connectivity index (χ3v) is 5.17. The molecular weight excluding hydrogens is 413 g/mol. The second-order valence-electron chi connectivity index (χ2n) is 6.80. The highest BCUT2D eigenvalue weighted by molar-refractivity contribution is 6.34. The van der Waals surface area contributed by atoms with E-state index in [0.29, 0.717) is 41.5 Å². The van der Waals surface area contributed by atoms with Gasteiger partial charge in [-0.25, -0.2) is 9.50 Å². The van der Waals surface area contributed by atoms with Crippen molar-refractivity contribution in [3.8, 4) is 0 Å². The molecule has 3 rings (SSSR count). The number of nitrogens with zero attached hydrogens (tertiary/aromatic N) is 3. The van der Waals surface area contributed by atoms with Crippen LogP contribution in [0.2, 0.25) is 10.0 Å². The van der Waals surface area contributed by atoms with Crippen LogP contribution < -0.4 is 11.1 Å². The molecule has 0 spiro atoms. The molecule has 0 bridgehead atoms. The number of hydrogen-bond acceptors (Lipinski definition) is 4. The fourth-order valence-corrected chi connectivity index (χ4v) is 3.85. The van der Waals surface area contributed by atoms with Crippen molar-refractivity contribution >= 4 is 40.7 Å². The quantitative estimate of drug-likeness (QED) is 0.597. The molecule has 29 heavy (non-hydrogen) atoms. The van der Waals surface area contributed by atoms with Crippen LogP contribution in [0.4, 0.5) is 0 Å². The van der Waals surface area contributed by atoms with Gasteiger partial charge in [-0.1, -0.05) is 23.2 Å². The van der Waals surface area contributed by atoms with Crippen molar-refractivity contribution in [1.82, 2.24) is 19.9 Å². The van der Waals surface area contributed by atoms with Crippen LogP contribution in [0.15, 0.2) is 24.4 Å². The van der Waals surface area contributed by atoms with E-state index in [1.54, 1.807) is 10.6 Å². The summed E-state index contributed by atoms with van der Waals surface area (Å²) in [5.74, 6) is -0.630. The molecule has 0 unspecified atom stereocenters. The molecule has 0 aliphatic carbocycles. The normalized spacial score (nSPS) is 11.0. The van der Waals surface area contributed by atoms with Gasteiger partial charge in [0.1, 0.15) is 5.56 Å². The summed E-state index contributed by atoms with van der Waals surface area (Å²) in [7, 11) is 0. The number of aryl methyl sites for hydroxylation is 2. The summed E-state index contributed by atoms with van der Waals surface area (Å²) in [4.78, 5) is 28.2. The minimum absolute atomic E-state index is 0.0599. The molecule has 1 aromatic carbocycles. The van der Waals surface area contributed by atoms with Crippen LogP contribution in [0.1, 0.15) is 39.3 Å². The maximum Gasteiger partial charge on any atom is 0.254 e. The Morgan fingerprint density at radius 2 is 1.83 bits per heavy atom. The second kappa shape index (κ2) is 8.80. The molecule has 0 aliphatic rings. The van der Waals surface area contributed by atoms with E-state index < -0.39 is 5.91 Å². The Morgan fingerprint density at radius 1 is 1.14 bits per heavy atom. The molecule has 2 amide bonds. The fraction of sp³-hybridized carbons (Fsp3) is 0.300. The number of carbonyl (C=O) groups is 2. The Labute approximate surface area is 178 Å². The summed E-state index contributed by atoms with van der Waals surface area (Å²) in [6.07, 6.45) is 2.88. The monoisotopic (exact) mass is 433 g/mol. The van der Waals surface area contributed by atoms with E-state index in [1.807, 2.05) is 26.0 Å². The van der Waals surface area contributed by atoms with Crippen LogP contribution in [-0.4, -0.2) is 33.0 Å². The van der Waals surface area contributed by atoms with Crippen molar-refractivity contribution in [2.45, 2.75) is 33.1 Å². The molecule has 3 aromatic rings. The average Bonchev–Trinajstić information content (AvgIpc) is 3.05. The van der Waals surface area contributed by atoms with Gasteiger partial charge in [-0.2, -0.15) is 5.10 Å². The number of carbonyl (C=O) groups excluding carboxylic acids is 2. The zero-order valence-electron chi connectivity index (χ0n) is 16.1. The van der Waals surface area contributed by atoms with Gasteiger partial charge >= 0.3 is 0 Å². The fourth-order valence-electron chi connectivity index (χ4n) is 3.28. The Bertz CT molecular complexity index is 1070. The Kier molecular flexibility index (Phi) is 6.39. The third-order valence-electron chi connectivity index (χ3n) is 4.73. The van der Waals surface area contributed by atoms with Crippen LogP contribution in [0.25, 0.3) is 5.65 Å². The molecule has 3 N–H and O–H groups in total. The van der Waals surface area contributed by atoms with Crippen molar-refractivity contribution in [2.75, 3.05) is 6.54 Å². The predicted molar refractivity (Wildman–Crippen MR) is 112 cm³/mol. The lowest BCUT2D eigenvalue weighted by atomic mass is 10.1. The molecule has 0 saturated carbocycles. The van der Waals surface area contributed by atoms with E-state index in [1.165, 1.54) is 6.20 Å². The molecule has 0 aliphatic heterocycles. The maximum atomic E-state index is 12.3. The van der Waals surface area contributed by atoms with Crippen LogP contribution in [-0.2, 0) is 17.6 Å². The Hall–Kier alpha value is -2.64. The first-order chi connectivity index (χ1) is 13.8. The van der Waals surface area contributed by atoms with E-state index in [9.17, 15) is 9.59 Å². The molecule has 9 heteroatoms. The minimum Gasteiger partial charge on any atom is -0.365 e. The van der Waals surface area contributed by atoms with Crippen molar-refractivity contribution in [3.63, 3.8) is 0 Å². The van der Waals surface area contributed by atoms with E-state index in [4.69, 9.17) is 28.9 Å². The lowest BCUT2D eigenvalue weighted by Crippen LogP contribution is -2.26. The molecule has 0 atom stereocenters. The first kappa shape index (κ1) is 21.1. The third kappa shape index (κ3) is 4.86. The standard InChI is InChI=1S/C20H21Cl2N5O2/c1-11-16(12(2)27-20(26-11)17(10-25-27)19(23)29)3-4-18(28)24-6-5-13-7-14(21)9-15(22)8-13/h7-10H,3-6H2,1-2H3,(H2,23,29)(H,24,28). The molecule has 0 radical (unpaired) electrons. The van der Waals surface area contributed by atoms with E-state index >= 15 is 0 Å². The number of nitrogens with one attached hydrogen (secondary N) is 1. The number of nitrogens with two attached hydrogens (primary N) is 1. The largest absolute Gasteiger partial charge is 0.365 e. The van der Waals surface area contributed by atoms with Gasteiger partial charge < -0.3 is 11.1 Å². The molecule has 2 heterocycles. The summed E-state index contributed by atoms with van der Waals surface area (Å²) >= 11 is 12.0. The van der Waals surface area contributed by atoms with Gasteiger partial charge in [-0.3, -0.25) is 9.59 Å². The van der Waals surface area contributed by atoms with Crippen molar-refractivity contribution in [2.24, 2.45) is 5.73 Å². The Balaban J connectivity index is 1.61. The predicted octanol–water partition coefficient (Wildman–Crippen LogP) is 3.04. The van der Waals surface area contributed by atoms with Crippen molar-refractivity contribution in [1.29, 1.82) is 0 Å². The number of hydrogen-bond donors (Lipinski definition) is 2. The van der Waals surface area contributed by atoms with Gasteiger partial charge in [0.05, 0.1) is 6.20 Å². The van der Waals surface area contributed by atoms with Gasteiger partial charge in [0.15, 0.2) is 5.65 Å². The van der Waals surface area contributed by atoms with Crippen LogP contribution in [0.3, 0.4) is 0 Å². The number of halogens is 2. The summed E-state index contributed by atoms with van der Waals surface area (Å²) in [5, 5.41) is 8.25. The summed E-state index contributed by atoms with van der Waals surface area (Å²) < 4.78 is 1.59.